The summed E-state index contributed by atoms with van der Waals surface area (Å²) in [6.07, 6.45) is 6.41. The number of sulfone groups is 1. The van der Waals surface area contributed by atoms with Gasteiger partial charge in [0, 0.05) is 19.5 Å². The molecule has 0 N–H and O–H groups in total. The molecule has 8 heteroatoms. The van der Waals surface area contributed by atoms with E-state index in [0.717, 1.165) is 44.9 Å². The summed E-state index contributed by atoms with van der Waals surface area (Å²) in [5.74, 6) is 1.32. The SMILES string of the molecule is CCCS(=O)(=O)C1CCC(C2CCC3C(C2)N(C(=O)OC(C)C)C[C@H](C)N3C(C)=O)CC1. The Morgan fingerprint density at radius 2 is 1.62 bits per heavy atom. The largest absolute Gasteiger partial charge is 0.447 e. The first kappa shape index (κ1) is 25.3. The van der Waals surface area contributed by atoms with Crippen LogP contribution in [-0.2, 0) is 19.4 Å². The Balaban J connectivity index is 1.71. The van der Waals surface area contributed by atoms with Gasteiger partial charge < -0.3 is 14.5 Å². The Hall–Kier alpha value is -1.31. The molecule has 0 bridgehead atoms. The zero-order valence-corrected chi connectivity index (χ0v) is 21.3. The van der Waals surface area contributed by atoms with Gasteiger partial charge in [0.15, 0.2) is 9.84 Å². The molecule has 0 spiro atoms. The van der Waals surface area contributed by atoms with Crippen molar-refractivity contribution in [3.8, 4) is 0 Å². The molecule has 3 aliphatic rings. The van der Waals surface area contributed by atoms with Gasteiger partial charge in [0.25, 0.3) is 0 Å². The number of fused-ring (bicyclic) bond motifs is 1. The average molecular weight is 471 g/mol. The summed E-state index contributed by atoms with van der Waals surface area (Å²) in [7, 11) is -2.97. The first-order chi connectivity index (χ1) is 15.0. The van der Waals surface area contributed by atoms with E-state index in [1.165, 1.54) is 0 Å². The van der Waals surface area contributed by atoms with Crippen LogP contribution in [0.15, 0.2) is 0 Å². The van der Waals surface area contributed by atoms with Crippen LogP contribution in [0.4, 0.5) is 4.79 Å². The number of ether oxygens (including phenoxy) is 1. The fourth-order valence-electron chi connectivity index (χ4n) is 6.48. The van der Waals surface area contributed by atoms with Crippen molar-refractivity contribution in [1.29, 1.82) is 0 Å². The zero-order valence-electron chi connectivity index (χ0n) is 20.5. The van der Waals surface area contributed by atoms with Gasteiger partial charge in [0.2, 0.25) is 5.91 Å². The second-order valence-corrected chi connectivity index (χ2v) is 12.9. The third-order valence-corrected chi connectivity index (χ3v) is 10.3. The Bertz CT molecular complexity index is 775. The minimum atomic E-state index is -2.97. The standard InChI is InChI=1S/C24H42N2O5S/c1-6-13-32(29,30)21-10-7-19(8-11-21)20-9-12-22-23(14-20)25(24(28)31-16(2)3)15-17(4)26(22)18(5)27/h16-17,19-23H,6-15H2,1-5H3/t17-,19?,20?,21?,22?,23?/m0/s1. The lowest BCUT2D eigenvalue weighted by Gasteiger charge is -2.54. The van der Waals surface area contributed by atoms with Crippen LogP contribution in [0.5, 0.6) is 0 Å². The van der Waals surface area contributed by atoms with Gasteiger partial charge in [0.05, 0.1) is 29.2 Å². The molecule has 2 amide bonds. The average Bonchev–Trinajstić information content (AvgIpc) is 2.72. The number of hydrogen-bond acceptors (Lipinski definition) is 5. The van der Waals surface area contributed by atoms with Crippen molar-refractivity contribution in [2.24, 2.45) is 11.8 Å². The van der Waals surface area contributed by atoms with Crippen molar-refractivity contribution in [2.75, 3.05) is 12.3 Å². The van der Waals surface area contributed by atoms with E-state index in [1.54, 1.807) is 6.92 Å². The van der Waals surface area contributed by atoms with Gasteiger partial charge in [-0.1, -0.05) is 6.92 Å². The molecule has 0 aromatic carbocycles. The molecule has 1 aliphatic heterocycles. The molecule has 3 rings (SSSR count). The van der Waals surface area contributed by atoms with Gasteiger partial charge in [0.1, 0.15) is 0 Å². The maximum atomic E-state index is 12.9. The highest BCUT2D eigenvalue weighted by Crippen LogP contribution is 2.43. The first-order valence-corrected chi connectivity index (χ1v) is 14.2. The van der Waals surface area contributed by atoms with Gasteiger partial charge >= 0.3 is 6.09 Å². The maximum absolute atomic E-state index is 12.9. The molecular formula is C24H42N2O5S. The van der Waals surface area contributed by atoms with Crippen molar-refractivity contribution in [3.05, 3.63) is 0 Å². The number of nitrogens with zero attached hydrogens (tertiary/aromatic N) is 2. The first-order valence-electron chi connectivity index (χ1n) is 12.5. The monoisotopic (exact) mass is 470 g/mol. The highest BCUT2D eigenvalue weighted by Gasteiger charge is 2.48. The summed E-state index contributed by atoms with van der Waals surface area (Å²) < 4.78 is 30.5. The third kappa shape index (κ3) is 5.42. The van der Waals surface area contributed by atoms with Crippen LogP contribution >= 0.6 is 0 Å². The highest BCUT2D eigenvalue weighted by molar-refractivity contribution is 7.92. The quantitative estimate of drug-likeness (QED) is 0.606. The van der Waals surface area contributed by atoms with E-state index >= 15 is 0 Å². The molecule has 0 radical (unpaired) electrons. The van der Waals surface area contributed by atoms with Crippen LogP contribution in [0, 0.1) is 11.8 Å². The number of carbonyl (C=O) groups excluding carboxylic acids is 2. The molecule has 3 fully saturated rings. The van der Waals surface area contributed by atoms with E-state index in [9.17, 15) is 18.0 Å². The number of amides is 2. The van der Waals surface area contributed by atoms with Gasteiger partial charge in [-0.25, -0.2) is 13.2 Å². The lowest BCUT2D eigenvalue weighted by molar-refractivity contribution is -0.142. The molecule has 4 atom stereocenters. The van der Waals surface area contributed by atoms with E-state index in [0.29, 0.717) is 30.6 Å². The second-order valence-electron chi connectivity index (χ2n) is 10.5. The molecule has 2 saturated carbocycles. The van der Waals surface area contributed by atoms with Crippen molar-refractivity contribution >= 4 is 21.8 Å². The number of carbonyl (C=O) groups is 2. The molecule has 32 heavy (non-hydrogen) atoms. The minimum Gasteiger partial charge on any atom is -0.447 e. The summed E-state index contributed by atoms with van der Waals surface area (Å²) in [6.45, 7) is 9.78. The fraction of sp³-hybridized carbons (Fsp3) is 0.917. The topological polar surface area (TPSA) is 84.0 Å². The van der Waals surface area contributed by atoms with E-state index in [-0.39, 0.29) is 41.5 Å². The molecular weight excluding hydrogens is 428 g/mol. The highest BCUT2D eigenvalue weighted by atomic mass is 32.2. The van der Waals surface area contributed by atoms with Crippen molar-refractivity contribution in [3.63, 3.8) is 0 Å². The van der Waals surface area contributed by atoms with Crippen LogP contribution < -0.4 is 0 Å². The predicted octanol–water partition coefficient (Wildman–Crippen LogP) is 4.00. The number of rotatable bonds is 5. The van der Waals surface area contributed by atoms with Gasteiger partial charge in [-0.15, -0.1) is 0 Å². The fourth-order valence-corrected chi connectivity index (χ4v) is 8.37. The van der Waals surface area contributed by atoms with Crippen LogP contribution in [-0.4, -0.2) is 72.0 Å². The zero-order chi connectivity index (χ0) is 23.6. The molecule has 7 nitrogen and oxygen atoms in total. The van der Waals surface area contributed by atoms with Crippen LogP contribution in [0.1, 0.15) is 86.0 Å². The van der Waals surface area contributed by atoms with Crippen LogP contribution in [0.2, 0.25) is 0 Å². The van der Waals surface area contributed by atoms with Crippen molar-refractivity contribution in [2.45, 2.75) is 115 Å². The number of piperazine rings is 1. The van der Waals surface area contributed by atoms with Gasteiger partial charge in [-0.2, -0.15) is 0 Å². The lowest BCUT2D eigenvalue weighted by atomic mass is 9.69. The normalized spacial score (nSPS) is 33.7. The van der Waals surface area contributed by atoms with Gasteiger partial charge in [-0.05, 0) is 84.0 Å². The second kappa shape index (κ2) is 10.3. The summed E-state index contributed by atoms with van der Waals surface area (Å²) in [5.41, 5.74) is 0. The summed E-state index contributed by atoms with van der Waals surface area (Å²) >= 11 is 0. The van der Waals surface area contributed by atoms with Crippen LogP contribution in [0.3, 0.4) is 0 Å². The lowest BCUT2D eigenvalue weighted by Crippen LogP contribution is -2.67. The third-order valence-electron chi connectivity index (χ3n) is 7.83. The summed E-state index contributed by atoms with van der Waals surface area (Å²) in [5, 5.41) is -0.184. The van der Waals surface area contributed by atoms with E-state index in [1.807, 2.05) is 37.5 Å². The summed E-state index contributed by atoms with van der Waals surface area (Å²) in [6, 6.07) is -0.0145. The molecule has 3 unspecified atom stereocenters. The Morgan fingerprint density at radius 1 is 1.00 bits per heavy atom. The molecule has 1 saturated heterocycles. The van der Waals surface area contributed by atoms with Crippen molar-refractivity contribution < 1.29 is 22.7 Å². The molecule has 0 aromatic heterocycles. The number of hydrogen-bond donors (Lipinski definition) is 0. The smallest absolute Gasteiger partial charge is 0.410 e. The maximum Gasteiger partial charge on any atom is 0.410 e. The van der Waals surface area contributed by atoms with E-state index in [4.69, 9.17) is 4.74 Å². The summed E-state index contributed by atoms with van der Waals surface area (Å²) in [4.78, 5) is 29.2. The molecule has 1 heterocycles. The molecule has 0 aromatic rings. The van der Waals surface area contributed by atoms with E-state index in [2.05, 4.69) is 0 Å². The Kier molecular flexibility index (Phi) is 8.16. The van der Waals surface area contributed by atoms with Crippen LogP contribution in [0.25, 0.3) is 0 Å². The molecule has 2 aliphatic carbocycles. The van der Waals surface area contributed by atoms with E-state index < -0.39 is 9.84 Å². The predicted molar refractivity (Wildman–Crippen MR) is 125 cm³/mol. The van der Waals surface area contributed by atoms with Crippen molar-refractivity contribution in [1.82, 2.24) is 9.80 Å². The van der Waals surface area contributed by atoms with Gasteiger partial charge in [-0.3, -0.25) is 4.79 Å². The Morgan fingerprint density at radius 3 is 2.19 bits per heavy atom. The minimum absolute atomic E-state index is 0.0239. The molecule has 184 valence electrons. The Labute approximate surface area is 194 Å².